The SMILES string of the molecule is C=CC.O=C(C1CNC1)N1CCc2ccc(Oc3ccc(C(F)(F)F)c(F)c3)cc2C1.OCO. The van der Waals surface area contributed by atoms with Gasteiger partial charge in [0, 0.05) is 32.2 Å². The van der Waals surface area contributed by atoms with Crippen LogP contribution in [0.1, 0.15) is 23.6 Å². The molecular formula is C24H28F4N2O4. The number of aliphatic hydroxyl groups excluding tert-OH is 1. The molecule has 2 aliphatic heterocycles. The van der Waals surface area contributed by atoms with Gasteiger partial charge in [0.15, 0.2) is 0 Å². The van der Waals surface area contributed by atoms with Crippen molar-refractivity contribution in [1.29, 1.82) is 0 Å². The van der Waals surface area contributed by atoms with Gasteiger partial charge in [0.25, 0.3) is 0 Å². The van der Waals surface area contributed by atoms with Crippen LogP contribution in [0.3, 0.4) is 0 Å². The van der Waals surface area contributed by atoms with Gasteiger partial charge in [0.1, 0.15) is 24.1 Å². The first kappa shape index (κ1) is 27.3. The molecule has 0 aliphatic carbocycles. The van der Waals surface area contributed by atoms with Crippen LogP contribution in [0.4, 0.5) is 17.6 Å². The van der Waals surface area contributed by atoms with Crippen molar-refractivity contribution >= 4 is 5.91 Å². The third-order valence-corrected chi connectivity index (χ3v) is 5.11. The van der Waals surface area contributed by atoms with Gasteiger partial charge in [-0.15, -0.1) is 6.58 Å². The molecule has 1 fully saturated rings. The van der Waals surface area contributed by atoms with E-state index < -0.39 is 24.3 Å². The average molecular weight is 484 g/mol. The molecule has 34 heavy (non-hydrogen) atoms. The van der Waals surface area contributed by atoms with Gasteiger partial charge in [0.05, 0.1) is 11.5 Å². The van der Waals surface area contributed by atoms with E-state index in [2.05, 4.69) is 11.9 Å². The molecule has 0 saturated carbocycles. The lowest BCUT2D eigenvalue weighted by Gasteiger charge is -2.35. The number of rotatable bonds is 3. The standard InChI is InChI=1S/C20H18F4N2O2.C3H6.CH4O2/c21-18-8-16(3-4-17(18)20(22,23)24)28-15-2-1-12-5-6-26(11-13(12)7-15)19(27)14-9-25-10-14;1-3-2;2-1-3/h1-4,7-8,14,25H,5-6,9-11H2;3H,1H2,2H3;2-3H,1H2. The monoisotopic (exact) mass is 484 g/mol. The third kappa shape index (κ3) is 7.28. The lowest BCUT2D eigenvalue weighted by Crippen LogP contribution is -2.52. The number of fused-ring (bicyclic) bond motifs is 1. The van der Waals surface area contributed by atoms with Gasteiger partial charge in [-0.3, -0.25) is 4.79 Å². The first-order valence-corrected chi connectivity index (χ1v) is 10.6. The Morgan fingerprint density at radius 3 is 2.29 bits per heavy atom. The summed E-state index contributed by atoms with van der Waals surface area (Å²) in [5.74, 6) is -0.863. The number of alkyl halides is 3. The van der Waals surface area contributed by atoms with Crippen LogP contribution >= 0.6 is 0 Å². The molecule has 0 spiro atoms. The summed E-state index contributed by atoms with van der Waals surface area (Å²) in [6.45, 7) is 7.02. The smallest absolute Gasteiger partial charge is 0.419 e. The lowest BCUT2D eigenvalue weighted by molar-refractivity contribution is -0.140. The third-order valence-electron chi connectivity index (χ3n) is 5.11. The fourth-order valence-corrected chi connectivity index (χ4v) is 3.43. The second kappa shape index (κ2) is 12.5. The highest BCUT2D eigenvalue weighted by atomic mass is 19.4. The Hall–Kier alpha value is -2.95. The van der Waals surface area contributed by atoms with E-state index in [4.69, 9.17) is 14.9 Å². The number of carbonyl (C=O) groups is 1. The molecule has 4 rings (SSSR count). The Labute approximate surface area is 195 Å². The van der Waals surface area contributed by atoms with Crippen LogP contribution < -0.4 is 10.1 Å². The predicted molar refractivity (Wildman–Crippen MR) is 119 cm³/mol. The number of hydrogen-bond donors (Lipinski definition) is 3. The van der Waals surface area contributed by atoms with Crippen LogP contribution in [0.5, 0.6) is 11.5 Å². The molecule has 2 aromatic carbocycles. The van der Waals surface area contributed by atoms with Crippen LogP contribution in [0.25, 0.3) is 0 Å². The maximum Gasteiger partial charge on any atom is 0.419 e. The van der Waals surface area contributed by atoms with E-state index in [1.165, 1.54) is 0 Å². The summed E-state index contributed by atoms with van der Waals surface area (Å²) in [7, 11) is 0. The van der Waals surface area contributed by atoms with Crippen LogP contribution in [0.15, 0.2) is 49.1 Å². The van der Waals surface area contributed by atoms with E-state index in [-0.39, 0.29) is 17.6 Å². The molecule has 1 saturated heterocycles. The Morgan fingerprint density at radius 1 is 1.18 bits per heavy atom. The molecule has 10 heteroatoms. The summed E-state index contributed by atoms with van der Waals surface area (Å²) >= 11 is 0. The summed E-state index contributed by atoms with van der Waals surface area (Å²) in [5.41, 5.74) is 0.698. The minimum Gasteiger partial charge on any atom is -0.457 e. The average Bonchev–Trinajstić information content (AvgIpc) is 2.72. The van der Waals surface area contributed by atoms with Crippen molar-refractivity contribution in [3.05, 3.63) is 71.6 Å². The number of nitrogens with zero attached hydrogens (tertiary/aromatic N) is 1. The summed E-state index contributed by atoms with van der Waals surface area (Å²) in [6.07, 6.45) is -2.27. The maximum atomic E-state index is 13.7. The second-order valence-electron chi connectivity index (χ2n) is 7.59. The van der Waals surface area contributed by atoms with E-state index in [1.54, 1.807) is 18.2 Å². The van der Waals surface area contributed by atoms with Gasteiger partial charge in [-0.1, -0.05) is 12.1 Å². The van der Waals surface area contributed by atoms with Crippen LogP contribution in [-0.2, 0) is 23.9 Å². The topological polar surface area (TPSA) is 82.0 Å². The molecular weight excluding hydrogens is 456 g/mol. The number of amides is 1. The zero-order valence-electron chi connectivity index (χ0n) is 18.7. The first-order valence-electron chi connectivity index (χ1n) is 10.6. The Morgan fingerprint density at radius 2 is 1.76 bits per heavy atom. The second-order valence-corrected chi connectivity index (χ2v) is 7.59. The maximum absolute atomic E-state index is 13.7. The number of hydrogen-bond acceptors (Lipinski definition) is 5. The minimum atomic E-state index is -4.75. The minimum absolute atomic E-state index is 0.0188. The normalized spacial score (nSPS) is 15.0. The van der Waals surface area contributed by atoms with E-state index in [9.17, 15) is 22.4 Å². The predicted octanol–water partition coefficient (Wildman–Crippen LogP) is 3.86. The largest absolute Gasteiger partial charge is 0.457 e. The lowest BCUT2D eigenvalue weighted by atomic mass is 9.96. The van der Waals surface area contributed by atoms with Crippen molar-refractivity contribution in [2.45, 2.75) is 26.1 Å². The molecule has 186 valence electrons. The summed E-state index contributed by atoms with van der Waals surface area (Å²) < 4.78 is 57.3. The van der Waals surface area contributed by atoms with Crippen molar-refractivity contribution in [1.82, 2.24) is 10.2 Å². The van der Waals surface area contributed by atoms with E-state index in [0.29, 0.717) is 38.0 Å². The van der Waals surface area contributed by atoms with Crippen molar-refractivity contribution in [2.24, 2.45) is 5.92 Å². The van der Waals surface area contributed by atoms with Crippen molar-refractivity contribution in [3.8, 4) is 11.5 Å². The quantitative estimate of drug-likeness (QED) is 0.350. The number of benzene rings is 2. The first-order chi connectivity index (χ1) is 16.1. The molecule has 0 aromatic heterocycles. The zero-order valence-corrected chi connectivity index (χ0v) is 18.7. The molecule has 0 bridgehead atoms. The Balaban J connectivity index is 0.000000618. The molecule has 0 radical (unpaired) electrons. The van der Waals surface area contributed by atoms with E-state index >= 15 is 0 Å². The van der Waals surface area contributed by atoms with Crippen LogP contribution in [0.2, 0.25) is 0 Å². The van der Waals surface area contributed by atoms with E-state index in [1.807, 2.05) is 17.9 Å². The van der Waals surface area contributed by atoms with Crippen molar-refractivity contribution in [3.63, 3.8) is 0 Å². The molecule has 2 aromatic rings. The van der Waals surface area contributed by atoms with Gasteiger partial charge in [-0.05, 0) is 48.7 Å². The molecule has 0 unspecified atom stereocenters. The molecule has 2 heterocycles. The fraction of sp³-hybridized carbons (Fsp3) is 0.375. The highest BCUT2D eigenvalue weighted by Crippen LogP contribution is 2.34. The number of ether oxygens (including phenoxy) is 1. The summed E-state index contributed by atoms with van der Waals surface area (Å²) in [5, 5.41) is 17.3. The fourth-order valence-electron chi connectivity index (χ4n) is 3.43. The number of carbonyl (C=O) groups excluding carboxylic acids is 1. The van der Waals surface area contributed by atoms with E-state index in [0.717, 1.165) is 29.7 Å². The molecule has 6 nitrogen and oxygen atoms in total. The molecule has 0 atom stereocenters. The molecule has 1 amide bonds. The Bertz CT molecular complexity index is 978. The van der Waals surface area contributed by atoms with Gasteiger partial charge in [-0.25, -0.2) is 4.39 Å². The summed E-state index contributed by atoms with van der Waals surface area (Å²) in [6, 6.07) is 7.80. The summed E-state index contributed by atoms with van der Waals surface area (Å²) in [4.78, 5) is 14.3. The number of halogens is 4. The Kier molecular flexibility index (Phi) is 10.0. The van der Waals surface area contributed by atoms with Gasteiger partial charge in [0.2, 0.25) is 5.91 Å². The van der Waals surface area contributed by atoms with Crippen LogP contribution in [0, 0.1) is 11.7 Å². The number of nitrogens with one attached hydrogen (secondary N) is 1. The van der Waals surface area contributed by atoms with Crippen molar-refractivity contribution in [2.75, 3.05) is 26.4 Å². The van der Waals surface area contributed by atoms with Crippen molar-refractivity contribution < 1.29 is 37.3 Å². The molecule has 3 N–H and O–H groups in total. The highest BCUT2D eigenvalue weighted by molar-refractivity contribution is 5.80. The van der Waals surface area contributed by atoms with Gasteiger partial charge < -0.3 is 25.2 Å². The highest BCUT2D eigenvalue weighted by Gasteiger charge is 2.34. The zero-order chi connectivity index (χ0) is 25.3. The van der Waals surface area contributed by atoms with Gasteiger partial charge >= 0.3 is 6.18 Å². The number of allylic oxidation sites excluding steroid dienone is 1. The number of aliphatic hydroxyl groups is 2. The van der Waals surface area contributed by atoms with Gasteiger partial charge in [-0.2, -0.15) is 13.2 Å². The molecule has 2 aliphatic rings. The van der Waals surface area contributed by atoms with Crippen LogP contribution in [-0.4, -0.2) is 47.4 Å².